The number of methoxy groups -OCH3 is 1. The average molecular weight is 421 g/mol. The van der Waals surface area contributed by atoms with E-state index < -0.39 is 0 Å². The summed E-state index contributed by atoms with van der Waals surface area (Å²) in [7, 11) is 1.58. The number of benzene rings is 2. The number of para-hydroxylation sites is 1. The Morgan fingerprint density at radius 1 is 1.10 bits per heavy atom. The van der Waals surface area contributed by atoms with Crippen molar-refractivity contribution in [3.8, 4) is 11.5 Å². The van der Waals surface area contributed by atoms with E-state index in [0.29, 0.717) is 22.7 Å². The number of carbonyl (C=O) groups excluding carboxylic acids is 2. The Labute approximate surface area is 182 Å². The quantitative estimate of drug-likeness (QED) is 0.689. The van der Waals surface area contributed by atoms with E-state index >= 15 is 0 Å². The first-order valence-electron chi connectivity index (χ1n) is 10.9. The zero-order valence-corrected chi connectivity index (χ0v) is 17.8. The number of carbonyl (C=O) groups is 2. The van der Waals surface area contributed by atoms with Gasteiger partial charge in [-0.25, -0.2) is 0 Å². The monoisotopic (exact) mass is 420 g/mol. The number of anilines is 1. The average Bonchev–Trinajstić information content (AvgIpc) is 2.76. The number of rotatable bonds is 4. The molecule has 31 heavy (non-hydrogen) atoms. The minimum atomic E-state index is -0.365. The Morgan fingerprint density at radius 3 is 2.61 bits per heavy atom. The number of ether oxygens (including phenoxy) is 2. The summed E-state index contributed by atoms with van der Waals surface area (Å²) in [5, 5.41) is 5.99. The van der Waals surface area contributed by atoms with Gasteiger partial charge >= 0.3 is 0 Å². The highest BCUT2D eigenvalue weighted by Gasteiger charge is 2.24. The molecule has 4 rings (SSSR count). The Bertz CT molecular complexity index is 991. The largest absolute Gasteiger partial charge is 0.496 e. The molecule has 1 fully saturated rings. The maximum Gasteiger partial charge on any atom is 0.291 e. The highest BCUT2D eigenvalue weighted by atomic mass is 16.5. The molecule has 2 aromatic rings. The van der Waals surface area contributed by atoms with Crippen LogP contribution in [0.3, 0.4) is 0 Å². The van der Waals surface area contributed by atoms with Gasteiger partial charge in [0, 0.05) is 17.2 Å². The molecule has 0 aromatic heterocycles. The Kier molecular flexibility index (Phi) is 6.55. The molecule has 6 heteroatoms. The number of hydrogen-bond acceptors (Lipinski definition) is 4. The summed E-state index contributed by atoms with van der Waals surface area (Å²) in [5.41, 5.74) is 1.75. The molecule has 1 aliphatic carbocycles. The summed E-state index contributed by atoms with van der Waals surface area (Å²) in [5.74, 6) is 0.847. The summed E-state index contributed by atoms with van der Waals surface area (Å²) >= 11 is 0. The fourth-order valence-corrected chi connectivity index (χ4v) is 4.10. The molecule has 0 spiro atoms. The Morgan fingerprint density at radius 2 is 1.84 bits per heavy atom. The van der Waals surface area contributed by atoms with Crippen LogP contribution in [-0.2, 0) is 4.79 Å². The summed E-state index contributed by atoms with van der Waals surface area (Å²) in [6.45, 7) is 0. The van der Waals surface area contributed by atoms with Crippen molar-refractivity contribution in [3.05, 3.63) is 59.4 Å². The maximum atomic E-state index is 12.8. The van der Waals surface area contributed by atoms with Crippen LogP contribution in [0.2, 0.25) is 0 Å². The van der Waals surface area contributed by atoms with Crippen molar-refractivity contribution in [1.29, 1.82) is 0 Å². The van der Waals surface area contributed by atoms with E-state index in [-0.39, 0.29) is 23.6 Å². The predicted molar refractivity (Wildman–Crippen MR) is 120 cm³/mol. The van der Waals surface area contributed by atoms with Gasteiger partial charge in [-0.1, -0.05) is 50.3 Å². The second-order valence-corrected chi connectivity index (χ2v) is 8.03. The van der Waals surface area contributed by atoms with Crippen molar-refractivity contribution >= 4 is 23.6 Å². The van der Waals surface area contributed by atoms with Gasteiger partial charge < -0.3 is 20.1 Å². The van der Waals surface area contributed by atoms with E-state index in [1.54, 1.807) is 31.4 Å². The molecule has 1 heterocycles. The van der Waals surface area contributed by atoms with Crippen LogP contribution in [0, 0.1) is 0 Å². The Hall–Kier alpha value is -3.28. The topological polar surface area (TPSA) is 76.7 Å². The lowest BCUT2D eigenvalue weighted by Gasteiger charge is -2.23. The van der Waals surface area contributed by atoms with Crippen molar-refractivity contribution < 1.29 is 19.1 Å². The van der Waals surface area contributed by atoms with E-state index in [2.05, 4.69) is 10.6 Å². The fourth-order valence-electron chi connectivity index (χ4n) is 4.10. The van der Waals surface area contributed by atoms with Gasteiger partial charge in [0.1, 0.15) is 5.75 Å². The van der Waals surface area contributed by atoms with Gasteiger partial charge in [0.2, 0.25) is 0 Å². The molecular weight excluding hydrogens is 392 g/mol. The van der Waals surface area contributed by atoms with Crippen molar-refractivity contribution in [1.82, 2.24) is 5.32 Å². The third-order valence-electron chi connectivity index (χ3n) is 5.80. The molecule has 162 valence electrons. The highest BCUT2D eigenvalue weighted by molar-refractivity contribution is 6.09. The van der Waals surface area contributed by atoms with Gasteiger partial charge in [-0.15, -0.1) is 0 Å². The van der Waals surface area contributed by atoms with Crippen LogP contribution in [0.4, 0.5) is 5.69 Å². The summed E-state index contributed by atoms with van der Waals surface area (Å²) < 4.78 is 11.2. The first-order valence-corrected chi connectivity index (χ1v) is 10.9. The molecule has 2 N–H and O–H groups in total. The van der Waals surface area contributed by atoms with E-state index in [1.807, 2.05) is 24.3 Å². The van der Waals surface area contributed by atoms with Gasteiger partial charge in [0.25, 0.3) is 11.8 Å². The lowest BCUT2D eigenvalue weighted by molar-refractivity contribution is -0.115. The summed E-state index contributed by atoms with van der Waals surface area (Å²) in [6.07, 6.45) is 9.76. The van der Waals surface area contributed by atoms with Crippen LogP contribution < -0.4 is 20.1 Å². The third-order valence-corrected chi connectivity index (χ3v) is 5.80. The first kappa shape index (κ1) is 21.0. The Balaban J connectivity index is 1.48. The second kappa shape index (κ2) is 9.69. The van der Waals surface area contributed by atoms with Gasteiger partial charge in [-0.2, -0.15) is 0 Å². The zero-order valence-electron chi connectivity index (χ0n) is 17.8. The normalized spacial score (nSPS) is 18.2. The number of fused-ring (bicyclic) bond motifs is 1. The van der Waals surface area contributed by atoms with E-state index in [4.69, 9.17) is 9.47 Å². The van der Waals surface area contributed by atoms with Crippen LogP contribution in [0.1, 0.15) is 60.9 Å². The zero-order chi connectivity index (χ0) is 21.6. The molecular formula is C25H28N2O4. The SMILES string of the molecule is COc1ccccc1C=C1Oc2ccc(C(=O)NC3CCCCCCC3)cc2NC1=O. The standard InChI is InChI=1S/C25H28N2O4/c1-30-21-12-8-7-9-17(21)16-23-25(29)27-20-15-18(13-14-22(20)31-23)24(28)26-19-10-5-3-2-4-6-11-19/h7-9,12-16,19H,2-6,10-11H2,1H3,(H,26,28)(H,27,29). The van der Waals surface area contributed by atoms with Crippen molar-refractivity contribution in [3.63, 3.8) is 0 Å². The summed E-state index contributed by atoms with van der Waals surface area (Å²) in [4.78, 5) is 25.3. The second-order valence-electron chi connectivity index (χ2n) is 8.03. The van der Waals surface area contributed by atoms with Gasteiger partial charge in [0.15, 0.2) is 11.5 Å². The molecule has 0 atom stereocenters. The van der Waals surface area contributed by atoms with E-state index in [1.165, 1.54) is 19.3 Å². The van der Waals surface area contributed by atoms with Gasteiger partial charge in [0.05, 0.1) is 12.8 Å². The number of nitrogens with one attached hydrogen (secondary N) is 2. The van der Waals surface area contributed by atoms with Crippen LogP contribution in [0.15, 0.2) is 48.2 Å². The molecule has 1 aliphatic heterocycles. The lowest BCUT2D eigenvalue weighted by Crippen LogP contribution is -2.35. The number of hydrogen-bond donors (Lipinski definition) is 2. The smallest absolute Gasteiger partial charge is 0.291 e. The van der Waals surface area contributed by atoms with Crippen molar-refractivity contribution in [2.45, 2.75) is 51.0 Å². The van der Waals surface area contributed by atoms with Gasteiger partial charge in [-0.3, -0.25) is 9.59 Å². The van der Waals surface area contributed by atoms with Crippen LogP contribution in [0.25, 0.3) is 6.08 Å². The highest BCUT2D eigenvalue weighted by Crippen LogP contribution is 2.33. The summed E-state index contributed by atoms with van der Waals surface area (Å²) in [6, 6.07) is 12.7. The van der Waals surface area contributed by atoms with Crippen molar-refractivity contribution in [2.24, 2.45) is 0 Å². The molecule has 0 saturated heterocycles. The minimum Gasteiger partial charge on any atom is -0.496 e. The fraction of sp³-hybridized carbons (Fsp3) is 0.360. The minimum absolute atomic E-state index is 0.113. The maximum absolute atomic E-state index is 12.8. The van der Waals surface area contributed by atoms with Crippen LogP contribution >= 0.6 is 0 Å². The number of amides is 2. The molecule has 0 bridgehead atoms. The lowest BCUT2D eigenvalue weighted by atomic mass is 9.96. The molecule has 0 radical (unpaired) electrons. The van der Waals surface area contributed by atoms with Crippen LogP contribution in [0.5, 0.6) is 11.5 Å². The first-order chi connectivity index (χ1) is 15.1. The molecule has 0 unspecified atom stereocenters. The molecule has 2 aliphatic rings. The predicted octanol–water partition coefficient (Wildman–Crippen LogP) is 4.91. The van der Waals surface area contributed by atoms with E-state index in [0.717, 1.165) is 31.2 Å². The van der Waals surface area contributed by atoms with Crippen LogP contribution in [-0.4, -0.2) is 25.0 Å². The molecule has 1 saturated carbocycles. The van der Waals surface area contributed by atoms with Crippen molar-refractivity contribution in [2.75, 3.05) is 12.4 Å². The molecule has 6 nitrogen and oxygen atoms in total. The van der Waals surface area contributed by atoms with Gasteiger partial charge in [-0.05, 0) is 43.2 Å². The van der Waals surface area contributed by atoms with E-state index in [9.17, 15) is 9.59 Å². The third kappa shape index (κ3) is 5.08. The molecule has 2 amide bonds. The molecule has 2 aromatic carbocycles.